The molecule has 0 aliphatic heterocycles. The van der Waals surface area contributed by atoms with E-state index in [-0.39, 0.29) is 5.91 Å². The maximum Gasteiger partial charge on any atom is 0.224 e. The Bertz CT molecular complexity index is 359. The first kappa shape index (κ1) is 11.7. The summed E-state index contributed by atoms with van der Waals surface area (Å²) in [5.74, 6) is 0.0283. The topological polar surface area (TPSA) is 55.1 Å². The molecule has 0 bridgehead atoms. The van der Waals surface area contributed by atoms with Crippen LogP contribution in [0, 0.1) is 0 Å². The van der Waals surface area contributed by atoms with Crippen LogP contribution in [0.25, 0.3) is 0 Å². The van der Waals surface area contributed by atoms with Gasteiger partial charge in [-0.3, -0.25) is 4.79 Å². The molecule has 1 aromatic rings. The van der Waals surface area contributed by atoms with Crippen LogP contribution in [-0.2, 0) is 4.79 Å². The minimum atomic E-state index is 0.0283. The van der Waals surface area contributed by atoms with Crippen molar-refractivity contribution in [3.8, 4) is 0 Å². The van der Waals surface area contributed by atoms with E-state index in [1.54, 1.807) is 24.3 Å². The number of thiocarbonyl (C=S) groups is 1. The second-order valence-electron chi connectivity index (χ2n) is 3.24. The molecule has 1 amide bonds. The Morgan fingerprint density at radius 1 is 1.40 bits per heavy atom. The van der Waals surface area contributed by atoms with Crippen LogP contribution >= 0.6 is 12.2 Å². The van der Waals surface area contributed by atoms with Gasteiger partial charge in [0.15, 0.2) is 0 Å². The van der Waals surface area contributed by atoms with Crippen molar-refractivity contribution in [2.75, 3.05) is 5.32 Å². The second-order valence-corrected chi connectivity index (χ2v) is 3.68. The van der Waals surface area contributed by atoms with Gasteiger partial charge in [-0.25, -0.2) is 0 Å². The number of benzene rings is 1. The lowest BCUT2D eigenvalue weighted by Crippen LogP contribution is -2.12. The quantitative estimate of drug-likeness (QED) is 0.767. The van der Waals surface area contributed by atoms with E-state index in [4.69, 9.17) is 18.0 Å². The summed E-state index contributed by atoms with van der Waals surface area (Å²) in [6.45, 7) is 1.97. The third-order valence-electron chi connectivity index (χ3n) is 1.93. The lowest BCUT2D eigenvalue weighted by Gasteiger charge is -2.04. The van der Waals surface area contributed by atoms with Crippen molar-refractivity contribution in [3.63, 3.8) is 0 Å². The van der Waals surface area contributed by atoms with Gasteiger partial charge in [-0.1, -0.05) is 19.1 Å². The highest BCUT2D eigenvalue weighted by Crippen LogP contribution is 2.10. The first-order chi connectivity index (χ1) is 7.13. The zero-order chi connectivity index (χ0) is 11.3. The van der Waals surface area contributed by atoms with Crippen molar-refractivity contribution in [2.24, 2.45) is 5.73 Å². The summed E-state index contributed by atoms with van der Waals surface area (Å²) in [5, 5.41) is 2.79. The molecule has 0 aliphatic rings. The largest absolute Gasteiger partial charge is 0.389 e. The van der Waals surface area contributed by atoms with Crippen molar-refractivity contribution in [3.05, 3.63) is 29.8 Å². The lowest BCUT2D eigenvalue weighted by molar-refractivity contribution is -0.116. The van der Waals surface area contributed by atoms with E-state index < -0.39 is 0 Å². The maximum atomic E-state index is 11.3. The number of nitrogens with two attached hydrogens (primary N) is 1. The fourth-order valence-electron chi connectivity index (χ4n) is 1.17. The van der Waals surface area contributed by atoms with Crippen molar-refractivity contribution in [2.45, 2.75) is 19.8 Å². The van der Waals surface area contributed by atoms with Crippen LogP contribution in [0.15, 0.2) is 24.3 Å². The first-order valence-corrected chi connectivity index (χ1v) is 5.24. The van der Waals surface area contributed by atoms with E-state index in [1.165, 1.54) is 0 Å². The third kappa shape index (κ3) is 3.67. The molecule has 0 aliphatic carbocycles. The van der Waals surface area contributed by atoms with Gasteiger partial charge in [0.2, 0.25) is 5.91 Å². The van der Waals surface area contributed by atoms with E-state index in [1.807, 2.05) is 6.92 Å². The zero-order valence-electron chi connectivity index (χ0n) is 8.62. The second kappa shape index (κ2) is 5.46. The number of hydrogen-bond donors (Lipinski definition) is 2. The van der Waals surface area contributed by atoms with Gasteiger partial charge in [0.25, 0.3) is 0 Å². The SMILES string of the molecule is CCCC(=O)Nc1ccc(C(N)=S)cc1. The molecular formula is C11H14N2OS. The first-order valence-electron chi connectivity index (χ1n) is 4.83. The zero-order valence-corrected chi connectivity index (χ0v) is 9.43. The number of amides is 1. The number of hydrogen-bond acceptors (Lipinski definition) is 2. The lowest BCUT2D eigenvalue weighted by atomic mass is 10.2. The van der Waals surface area contributed by atoms with Crippen molar-refractivity contribution in [1.82, 2.24) is 0 Å². The molecule has 4 heteroatoms. The highest BCUT2D eigenvalue weighted by atomic mass is 32.1. The van der Waals surface area contributed by atoms with Crippen LogP contribution in [0.1, 0.15) is 25.3 Å². The fourth-order valence-corrected chi connectivity index (χ4v) is 1.30. The molecule has 0 saturated heterocycles. The summed E-state index contributed by atoms with van der Waals surface area (Å²) < 4.78 is 0. The number of rotatable bonds is 4. The predicted molar refractivity (Wildman–Crippen MR) is 65.9 cm³/mol. The summed E-state index contributed by atoms with van der Waals surface area (Å²) in [6, 6.07) is 7.18. The Labute approximate surface area is 94.7 Å². The molecule has 0 unspecified atom stereocenters. The predicted octanol–water partition coefficient (Wildman–Crippen LogP) is 2.06. The Balaban J connectivity index is 2.64. The summed E-state index contributed by atoms with van der Waals surface area (Å²) in [5.41, 5.74) is 7.03. The molecule has 80 valence electrons. The van der Waals surface area contributed by atoms with E-state index in [0.717, 1.165) is 17.7 Å². The average molecular weight is 222 g/mol. The Kier molecular flexibility index (Phi) is 4.24. The highest BCUT2D eigenvalue weighted by Gasteiger charge is 2.01. The molecule has 3 N–H and O–H groups in total. The van der Waals surface area contributed by atoms with Gasteiger partial charge in [0.1, 0.15) is 4.99 Å². The van der Waals surface area contributed by atoms with Crippen LogP contribution in [-0.4, -0.2) is 10.9 Å². The molecule has 0 radical (unpaired) electrons. The van der Waals surface area contributed by atoms with Gasteiger partial charge in [-0.2, -0.15) is 0 Å². The van der Waals surface area contributed by atoms with E-state index in [0.29, 0.717) is 11.4 Å². The fraction of sp³-hybridized carbons (Fsp3) is 0.273. The van der Waals surface area contributed by atoms with Crippen molar-refractivity contribution in [1.29, 1.82) is 0 Å². The van der Waals surface area contributed by atoms with Crippen LogP contribution in [0.3, 0.4) is 0 Å². The van der Waals surface area contributed by atoms with Crippen LogP contribution < -0.4 is 11.1 Å². The standard InChI is InChI=1S/C11H14N2OS/c1-2-3-10(14)13-9-6-4-8(5-7-9)11(12)15/h4-7H,2-3H2,1H3,(H2,12,15)(H,13,14). The Morgan fingerprint density at radius 3 is 2.47 bits per heavy atom. The summed E-state index contributed by atoms with van der Waals surface area (Å²) >= 11 is 4.83. The van der Waals surface area contributed by atoms with Gasteiger partial charge in [0, 0.05) is 17.7 Å². The number of carbonyl (C=O) groups is 1. The van der Waals surface area contributed by atoms with Gasteiger partial charge < -0.3 is 11.1 Å². The third-order valence-corrected chi connectivity index (χ3v) is 2.17. The van der Waals surface area contributed by atoms with Crippen LogP contribution in [0.2, 0.25) is 0 Å². The summed E-state index contributed by atoms with van der Waals surface area (Å²) in [7, 11) is 0. The average Bonchev–Trinajstić information content (AvgIpc) is 2.18. The molecule has 0 heterocycles. The van der Waals surface area contributed by atoms with Gasteiger partial charge in [-0.15, -0.1) is 0 Å². The summed E-state index contributed by atoms with van der Waals surface area (Å²) in [4.78, 5) is 11.6. The number of nitrogens with one attached hydrogen (secondary N) is 1. The molecule has 0 atom stereocenters. The van der Waals surface area contributed by atoms with Gasteiger partial charge in [-0.05, 0) is 30.7 Å². The Hall–Kier alpha value is -1.42. The van der Waals surface area contributed by atoms with E-state index in [9.17, 15) is 4.79 Å². The van der Waals surface area contributed by atoms with Gasteiger partial charge in [0.05, 0.1) is 0 Å². The van der Waals surface area contributed by atoms with Crippen LogP contribution in [0.5, 0.6) is 0 Å². The number of carbonyl (C=O) groups excluding carboxylic acids is 1. The molecule has 0 spiro atoms. The monoisotopic (exact) mass is 222 g/mol. The van der Waals surface area contributed by atoms with Crippen molar-refractivity contribution < 1.29 is 4.79 Å². The maximum absolute atomic E-state index is 11.3. The molecule has 15 heavy (non-hydrogen) atoms. The smallest absolute Gasteiger partial charge is 0.224 e. The molecule has 0 fully saturated rings. The molecule has 1 rings (SSSR count). The molecule has 0 saturated carbocycles. The minimum absolute atomic E-state index is 0.0283. The number of anilines is 1. The Morgan fingerprint density at radius 2 is 2.00 bits per heavy atom. The highest BCUT2D eigenvalue weighted by molar-refractivity contribution is 7.80. The van der Waals surface area contributed by atoms with E-state index in [2.05, 4.69) is 5.32 Å². The molecule has 3 nitrogen and oxygen atoms in total. The van der Waals surface area contributed by atoms with Gasteiger partial charge >= 0.3 is 0 Å². The van der Waals surface area contributed by atoms with Crippen molar-refractivity contribution >= 4 is 28.8 Å². The van der Waals surface area contributed by atoms with E-state index >= 15 is 0 Å². The minimum Gasteiger partial charge on any atom is -0.389 e. The molecule has 1 aromatic carbocycles. The molecular weight excluding hydrogens is 208 g/mol. The molecule has 0 aromatic heterocycles. The normalized spacial score (nSPS) is 9.67. The van der Waals surface area contributed by atoms with Crippen LogP contribution in [0.4, 0.5) is 5.69 Å². The summed E-state index contributed by atoms with van der Waals surface area (Å²) in [6.07, 6.45) is 1.38.